The molecule has 8 nitrogen and oxygen atoms in total. The van der Waals surface area contributed by atoms with Gasteiger partial charge < -0.3 is 19.2 Å². The number of anilines is 1. The van der Waals surface area contributed by atoms with Crippen molar-refractivity contribution in [2.75, 3.05) is 26.0 Å². The fraction of sp³-hybridized carbons (Fsp3) is 0.381. The first-order valence-electron chi connectivity index (χ1n) is 9.51. The van der Waals surface area contributed by atoms with Crippen LogP contribution in [0.15, 0.2) is 45.9 Å². The molecule has 3 heterocycles. The van der Waals surface area contributed by atoms with Gasteiger partial charge in [-0.2, -0.15) is 5.10 Å². The zero-order valence-electron chi connectivity index (χ0n) is 17.5. The van der Waals surface area contributed by atoms with E-state index in [1.54, 1.807) is 40.7 Å². The number of nitrogens with zero attached hydrogens (tertiary/aromatic N) is 4. The van der Waals surface area contributed by atoms with E-state index in [9.17, 15) is 9.59 Å². The van der Waals surface area contributed by atoms with Crippen LogP contribution in [-0.4, -0.2) is 45.8 Å². The van der Waals surface area contributed by atoms with Crippen LogP contribution in [0.4, 0.5) is 5.82 Å². The molecule has 8 heteroatoms. The van der Waals surface area contributed by atoms with E-state index >= 15 is 0 Å². The van der Waals surface area contributed by atoms with Gasteiger partial charge in [0.2, 0.25) is 0 Å². The third-order valence-electron chi connectivity index (χ3n) is 4.72. The Kier molecular flexibility index (Phi) is 6.03. The molecule has 0 aliphatic rings. The Hall–Kier alpha value is -3.13. The lowest BCUT2D eigenvalue weighted by molar-refractivity contribution is 0.102. The normalized spacial score (nSPS) is 12.3. The standard InChI is InChI=1S/C21H27N5O3/c1-14-9-11-25(15(2)12-24(4)5)21(28)19(14)20(27)23-18-8-10-22-26(18)13-17-7-6-16(3)29-17/h6-11,15H,12-13H2,1-5H3,(H,23,27). The second kappa shape index (κ2) is 8.48. The number of nitrogens with one attached hydrogen (secondary N) is 1. The topological polar surface area (TPSA) is 85.3 Å². The number of aryl methyl sites for hydroxylation is 2. The van der Waals surface area contributed by atoms with Crippen LogP contribution < -0.4 is 10.9 Å². The second-order valence-electron chi connectivity index (χ2n) is 7.54. The maximum Gasteiger partial charge on any atom is 0.263 e. The molecule has 0 saturated heterocycles. The van der Waals surface area contributed by atoms with E-state index < -0.39 is 5.91 Å². The minimum absolute atomic E-state index is 0.0580. The van der Waals surface area contributed by atoms with Crippen LogP contribution >= 0.6 is 0 Å². The maximum atomic E-state index is 13.0. The lowest BCUT2D eigenvalue weighted by atomic mass is 10.1. The Morgan fingerprint density at radius 2 is 2.00 bits per heavy atom. The van der Waals surface area contributed by atoms with E-state index in [2.05, 4.69) is 10.4 Å². The minimum Gasteiger partial charge on any atom is -0.464 e. The monoisotopic (exact) mass is 397 g/mol. The fourth-order valence-electron chi connectivity index (χ4n) is 3.34. The van der Waals surface area contributed by atoms with Crippen molar-refractivity contribution in [2.45, 2.75) is 33.4 Å². The van der Waals surface area contributed by atoms with Crippen LogP contribution in [0.1, 0.15) is 40.4 Å². The van der Waals surface area contributed by atoms with Gasteiger partial charge in [-0.15, -0.1) is 0 Å². The highest BCUT2D eigenvalue weighted by Gasteiger charge is 2.20. The van der Waals surface area contributed by atoms with Gasteiger partial charge in [0.1, 0.15) is 29.4 Å². The van der Waals surface area contributed by atoms with Crippen molar-refractivity contribution in [3.05, 3.63) is 69.7 Å². The van der Waals surface area contributed by atoms with Gasteiger partial charge in [-0.05, 0) is 58.6 Å². The molecule has 1 atom stereocenters. The van der Waals surface area contributed by atoms with Gasteiger partial charge >= 0.3 is 0 Å². The third-order valence-corrected chi connectivity index (χ3v) is 4.72. The zero-order valence-corrected chi connectivity index (χ0v) is 17.5. The molecule has 0 bridgehead atoms. The number of rotatable bonds is 7. The zero-order chi connectivity index (χ0) is 21.1. The van der Waals surface area contributed by atoms with E-state index in [1.165, 1.54) is 0 Å². The number of likely N-dealkylation sites (N-methyl/N-ethyl adjacent to an activating group) is 1. The summed E-state index contributed by atoms with van der Waals surface area (Å²) in [5, 5.41) is 7.06. The van der Waals surface area contributed by atoms with Gasteiger partial charge in [0, 0.05) is 24.8 Å². The first kappa shape index (κ1) is 20.6. The van der Waals surface area contributed by atoms with E-state index in [4.69, 9.17) is 4.42 Å². The van der Waals surface area contributed by atoms with Gasteiger partial charge in [0.05, 0.1) is 6.20 Å². The van der Waals surface area contributed by atoms with E-state index in [1.807, 2.05) is 45.0 Å². The van der Waals surface area contributed by atoms with Crippen molar-refractivity contribution in [1.29, 1.82) is 0 Å². The molecule has 154 valence electrons. The van der Waals surface area contributed by atoms with Crippen LogP contribution in [0.5, 0.6) is 0 Å². The number of carbonyl (C=O) groups is 1. The molecule has 1 unspecified atom stereocenters. The lowest BCUT2D eigenvalue weighted by Crippen LogP contribution is -2.35. The molecule has 0 aliphatic heterocycles. The SMILES string of the molecule is Cc1ccc(Cn2nccc2NC(=O)c2c(C)ccn(C(C)CN(C)C)c2=O)o1. The number of aromatic nitrogens is 3. The molecule has 0 radical (unpaired) electrons. The van der Waals surface area contributed by atoms with Gasteiger partial charge in [-0.25, -0.2) is 4.68 Å². The van der Waals surface area contributed by atoms with Crippen LogP contribution in [-0.2, 0) is 6.54 Å². The Labute approximate surface area is 169 Å². The first-order chi connectivity index (χ1) is 13.8. The molecule has 0 spiro atoms. The summed E-state index contributed by atoms with van der Waals surface area (Å²) in [4.78, 5) is 28.0. The van der Waals surface area contributed by atoms with Gasteiger partial charge in [-0.3, -0.25) is 9.59 Å². The molecule has 1 amide bonds. The Bertz CT molecular complexity index is 1060. The summed E-state index contributed by atoms with van der Waals surface area (Å²) in [6, 6.07) is 7.18. The first-order valence-corrected chi connectivity index (χ1v) is 9.51. The molecule has 0 fully saturated rings. The molecule has 0 aliphatic carbocycles. The Morgan fingerprint density at radius 3 is 2.66 bits per heavy atom. The molecule has 3 aromatic heterocycles. The fourth-order valence-corrected chi connectivity index (χ4v) is 3.34. The molecule has 0 saturated carbocycles. The number of furan rings is 1. The highest BCUT2D eigenvalue weighted by Crippen LogP contribution is 2.15. The van der Waals surface area contributed by atoms with E-state index in [0.717, 1.165) is 11.5 Å². The molecule has 29 heavy (non-hydrogen) atoms. The molecular formula is C21H27N5O3. The number of carbonyl (C=O) groups excluding carboxylic acids is 1. The average Bonchev–Trinajstić information content (AvgIpc) is 3.23. The lowest BCUT2D eigenvalue weighted by Gasteiger charge is -2.20. The summed E-state index contributed by atoms with van der Waals surface area (Å²) >= 11 is 0. The number of amides is 1. The van der Waals surface area contributed by atoms with Crippen molar-refractivity contribution >= 4 is 11.7 Å². The maximum absolute atomic E-state index is 13.0. The summed E-state index contributed by atoms with van der Waals surface area (Å²) in [7, 11) is 3.90. The highest BCUT2D eigenvalue weighted by molar-refractivity contribution is 6.04. The van der Waals surface area contributed by atoms with Crippen molar-refractivity contribution in [2.24, 2.45) is 0 Å². The largest absolute Gasteiger partial charge is 0.464 e. The number of hydrogen-bond acceptors (Lipinski definition) is 5. The molecule has 3 rings (SSSR count). The van der Waals surface area contributed by atoms with Crippen molar-refractivity contribution < 1.29 is 9.21 Å². The van der Waals surface area contributed by atoms with Crippen molar-refractivity contribution in [1.82, 2.24) is 19.2 Å². The molecule has 3 aromatic rings. The van der Waals surface area contributed by atoms with Gasteiger partial charge in [-0.1, -0.05) is 0 Å². The van der Waals surface area contributed by atoms with E-state index in [-0.39, 0.29) is 17.2 Å². The summed E-state index contributed by atoms with van der Waals surface area (Å²) < 4.78 is 8.81. The predicted octanol–water partition coefficient (Wildman–Crippen LogP) is 2.68. The molecule has 1 N–H and O–H groups in total. The summed E-state index contributed by atoms with van der Waals surface area (Å²) in [5.74, 6) is 1.60. The predicted molar refractivity (Wildman–Crippen MR) is 111 cm³/mol. The second-order valence-corrected chi connectivity index (χ2v) is 7.54. The third kappa shape index (κ3) is 4.65. The van der Waals surface area contributed by atoms with Gasteiger partial charge in [0.15, 0.2) is 0 Å². The smallest absolute Gasteiger partial charge is 0.263 e. The number of pyridine rings is 1. The minimum atomic E-state index is -0.448. The summed E-state index contributed by atoms with van der Waals surface area (Å²) in [6.45, 7) is 6.67. The Balaban J connectivity index is 1.85. The molecule has 0 aromatic carbocycles. The van der Waals surface area contributed by atoms with Crippen LogP contribution in [0.2, 0.25) is 0 Å². The van der Waals surface area contributed by atoms with Gasteiger partial charge in [0.25, 0.3) is 11.5 Å². The van der Waals surface area contributed by atoms with Crippen molar-refractivity contribution in [3.63, 3.8) is 0 Å². The Morgan fingerprint density at radius 1 is 1.24 bits per heavy atom. The van der Waals surface area contributed by atoms with Crippen LogP contribution in [0.3, 0.4) is 0 Å². The molecular weight excluding hydrogens is 370 g/mol. The van der Waals surface area contributed by atoms with Crippen LogP contribution in [0, 0.1) is 13.8 Å². The number of hydrogen-bond donors (Lipinski definition) is 1. The quantitative estimate of drug-likeness (QED) is 0.663. The average molecular weight is 397 g/mol. The summed E-state index contributed by atoms with van der Waals surface area (Å²) in [5.41, 5.74) is 0.470. The highest BCUT2D eigenvalue weighted by atomic mass is 16.3. The van der Waals surface area contributed by atoms with E-state index in [0.29, 0.717) is 24.5 Å². The summed E-state index contributed by atoms with van der Waals surface area (Å²) in [6.07, 6.45) is 3.34. The van der Waals surface area contributed by atoms with Crippen LogP contribution in [0.25, 0.3) is 0 Å². The van der Waals surface area contributed by atoms with Crippen molar-refractivity contribution in [3.8, 4) is 0 Å².